The zero-order chi connectivity index (χ0) is 13.4. The predicted molar refractivity (Wildman–Crippen MR) is 73.0 cm³/mol. The molecule has 0 saturated heterocycles. The lowest BCUT2D eigenvalue weighted by Gasteiger charge is -2.05. The Labute approximate surface area is 112 Å². The average molecular weight is 271 g/mol. The van der Waals surface area contributed by atoms with Crippen LogP contribution in [0.15, 0.2) is 0 Å². The highest BCUT2D eigenvalue weighted by molar-refractivity contribution is 7.15. The van der Waals surface area contributed by atoms with E-state index in [4.69, 9.17) is 4.74 Å². The van der Waals surface area contributed by atoms with Crippen molar-refractivity contribution in [3.8, 4) is 0 Å². The molecule has 0 amide bonds. The van der Waals surface area contributed by atoms with Crippen LogP contribution in [-0.4, -0.2) is 29.3 Å². The number of hydrogen-bond donors (Lipinski definition) is 1. The van der Waals surface area contributed by atoms with E-state index in [1.165, 1.54) is 0 Å². The Balaban J connectivity index is 2.37. The quantitative estimate of drug-likeness (QED) is 0.737. The van der Waals surface area contributed by atoms with Crippen LogP contribution in [0.2, 0.25) is 0 Å². The van der Waals surface area contributed by atoms with Crippen LogP contribution in [0.1, 0.15) is 51.0 Å². The van der Waals surface area contributed by atoms with Gasteiger partial charge in [0.25, 0.3) is 0 Å². The van der Waals surface area contributed by atoms with Gasteiger partial charge in [-0.3, -0.25) is 4.79 Å². The Morgan fingerprint density at radius 1 is 1.33 bits per heavy atom. The number of ether oxygens (including phenoxy) is 1. The molecule has 0 unspecified atom stereocenters. The monoisotopic (exact) mass is 271 g/mol. The second-order valence-electron chi connectivity index (χ2n) is 3.94. The molecular weight excluding hydrogens is 250 g/mol. The molecule has 5 nitrogen and oxygen atoms in total. The van der Waals surface area contributed by atoms with Crippen molar-refractivity contribution in [2.24, 2.45) is 0 Å². The first-order valence-electron chi connectivity index (χ1n) is 6.44. The third-order valence-corrected chi connectivity index (χ3v) is 3.73. The molecule has 0 aliphatic carbocycles. The molecule has 1 aromatic heterocycles. The molecule has 0 saturated carbocycles. The van der Waals surface area contributed by atoms with Crippen molar-refractivity contribution in [2.75, 3.05) is 18.5 Å². The van der Waals surface area contributed by atoms with Gasteiger partial charge in [-0.15, -0.1) is 10.2 Å². The molecule has 18 heavy (non-hydrogen) atoms. The van der Waals surface area contributed by atoms with E-state index in [0.29, 0.717) is 25.5 Å². The molecule has 0 bridgehead atoms. The molecule has 0 atom stereocenters. The number of aromatic nitrogens is 2. The zero-order valence-corrected chi connectivity index (χ0v) is 12.0. The molecule has 0 aliphatic heterocycles. The third kappa shape index (κ3) is 4.60. The second kappa shape index (κ2) is 8.02. The molecule has 1 N–H and O–H groups in total. The van der Waals surface area contributed by atoms with E-state index in [2.05, 4.69) is 29.4 Å². The molecule has 1 rings (SSSR count). The maximum absolute atomic E-state index is 11.1. The van der Waals surface area contributed by atoms with Gasteiger partial charge in [-0.1, -0.05) is 25.2 Å². The number of carbonyl (C=O) groups is 1. The SMILES string of the molecule is CCOC(=O)CCNc1nnc(C(CC)CC)s1. The zero-order valence-electron chi connectivity index (χ0n) is 11.2. The van der Waals surface area contributed by atoms with Gasteiger partial charge in [0.05, 0.1) is 13.0 Å². The molecular formula is C12H21N3O2S. The van der Waals surface area contributed by atoms with Gasteiger partial charge in [-0.05, 0) is 19.8 Å². The largest absolute Gasteiger partial charge is 0.466 e. The summed E-state index contributed by atoms with van der Waals surface area (Å²) in [6.07, 6.45) is 2.51. The summed E-state index contributed by atoms with van der Waals surface area (Å²) < 4.78 is 4.85. The van der Waals surface area contributed by atoms with Crippen LogP contribution in [0.25, 0.3) is 0 Å². The summed E-state index contributed by atoms with van der Waals surface area (Å²) in [5.74, 6) is 0.304. The van der Waals surface area contributed by atoms with E-state index in [1.807, 2.05) is 0 Å². The lowest BCUT2D eigenvalue weighted by atomic mass is 10.1. The van der Waals surface area contributed by atoms with Crippen LogP contribution >= 0.6 is 11.3 Å². The van der Waals surface area contributed by atoms with Gasteiger partial charge in [0.1, 0.15) is 5.01 Å². The average Bonchev–Trinajstić information content (AvgIpc) is 2.80. The minimum atomic E-state index is -0.185. The molecule has 0 spiro atoms. The lowest BCUT2D eigenvalue weighted by Crippen LogP contribution is -2.11. The van der Waals surface area contributed by atoms with E-state index < -0.39 is 0 Å². The highest BCUT2D eigenvalue weighted by Crippen LogP contribution is 2.27. The molecule has 1 aromatic rings. The molecule has 0 aliphatic rings. The van der Waals surface area contributed by atoms with Gasteiger partial charge in [-0.2, -0.15) is 0 Å². The predicted octanol–water partition coefficient (Wildman–Crippen LogP) is 2.81. The summed E-state index contributed by atoms with van der Waals surface area (Å²) in [6.45, 7) is 7.08. The highest BCUT2D eigenvalue weighted by Gasteiger charge is 2.13. The number of anilines is 1. The van der Waals surface area contributed by atoms with Crippen molar-refractivity contribution in [1.29, 1.82) is 0 Å². The van der Waals surface area contributed by atoms with Crippen LogP contribution in [0.3, 0.4) is 0 Å². The maximum atomic E-state index is 11.1. The third-order valence-electron chi connectivity index (χ3n) is 2.69. The fourth-order valence-corrected chi connectivity index (χ4v) is 2.65. The summed E-state index contributed by atoms with van der Waals surface area (Å²) in [7, 11) is 0. The Hall–Kier alpha value is -1.17. The second-order valence-corrected chi connectivity index (χ2v) is 4.95. The van der Waals surface area contributed by atoms with Crippen LogP contribution in [-0.2, 0) is 9.53 Å². The Kier molecular flexibility index (Phi) is 6.64. The lowest BCUT2D eigenvalue weighted by molar-refractivity contribution is -0.142. The smallest absolute Gasteiger partial charge is 0.307 e. The standard InChI is InChI=1S/C12H21N3O2S/c1-4-9(5-2)11-14-15-12(18-11)13-8-7-10(16)17-6-3/h9H,4-8H2,1-3H3,(H,13,15). The van der Waals surface area contributed by atoms with Gasteiger partial charge in [0.2, 0.25) is 5.13 Å². The number of rotatable bonds is 8. The van der Waals surface area contributed by atoms with Gasteiger partial charge in [0.15, 0.2) is 0 Å². The minimum absolute atomic E-state index is 0.185. The van der Waals surface area contributed by atoms with Crippen molar-refractivity contribution >= 4 is 22.4 Å². The van der Waals surface area contributed by atoms with E-state index >= 15 is 0 Å². The number of nitrogens with one attached hydrogen (secondary N) is 1. The highest BCUT2D eigenvalue weighted by atomic mass is 32.1. The van der Waals surface area contributed by atoms with Crippen molar-refractivity contribution in [3.05, 3.63) is 5.01 Å². The van der Waals surface area contributed by atoms with Crippen molar-refractivity contribution < 1.29 is 9.53 Å². The summed E-state index contributed by atoms with van der Waals surface area (Å²) in [5.41, 5.74) is 0. The topological polar surface area (TPSA) is 64.1 Å². The number of nitrogens with zero attached hydrogens (tertiary/aromatic N) is 2. The minimum Gasteiger partial charge on any atom is -0.466 e. The fourth-order valence-electron chi connectivity index (χ4n) is 1.61. The summed E-state index contributed by atoms with van der Waals surface area (Å²) in [4.78, 5) is 11.1. The molecule has 102 valence electrons. The van der Waals surface area contributed by atoms with E-state index in [-0.39, 0.29) is 5.97 Å². The van der Waals surface area contributed by atoms with Crippen molar-refractivity contribution in [1.82, 2.24) is 10.2 Å². The molecule has 1 heterocycles. The number of esters is 1. The number of hydrogen-bond acceptors (Lipinski definition) is 6. The van der Waals surface area contributed by atoms with Crippen LogP contribution in [0.4, 0.5) is 5.13 Å². The first-order chi connectivity index (χ1) is 8.71. The van der Waals surface area contributed by atoms with Crippen LogP contribution < -0.4 is 5.32 Å². The number of carbonyl (C=O) groups excluding carboxylic acids is 1. The Bertz CT molecular complexity index is 364. The van der Waals surface area contributed by atoms with Gasteiger partial charge in [0, 0.05) is 12.5 Å². The summed E-state index contributed by atoms with van der Waals surface area (Å²) >= 11 is 1.57. The Morgan fingerprint density at radius 2 is 2.06 bits per heavy atom. The fraction of sp³-hybridized carbons (Fsp3) is 0.750. The van der Waals surface area contributed by atoms with E-state index in [1.54, 1.807) is 18.3 Å². The van der Waals surface area contributed by atoms with Crippen LogP contribution in [0.5, 0.6) is 0 Å². The Morgan fingerprint density at radius 3 is 2.67 bits per heavy atom. The molecule has 0 aromatic carbocycles. The van der Waals surface area contributed by atoms with Crippen molar-refractivity contribution in [3.63, 3.8) is 0 Å². The van der Waals surface area contributed by atoms with Crippen LogP contribution in [0, 0.1) is 0 Å². The summed E-state index contributed by atoms with van der Waals surface area (Å²) in [5, 5.41) is 13.2. The molecule has 6 heteroatoms. The summed E-state index contributed by atoms with van der Waals surface area (Å²) in [6, 6.07) is 0. The first kappa shape index (κ1) is 14.9. The normalized spacial score (nSPS) is 10.7. The van der Waals surface area contributed by atoms with E-state index in [0.717, 1.165) is 23.0 Å². The van der Waals surface area contributed by atoms with E-state index in [9.17, 15) is 4.79 Å². The first-order valence-corrected chi connectivity index (χ1v) is 7.25. The molecule has 0 fully saturated rings. The van der Waals surface area contributed by atoms with Gasteiger partial charge < -0.3 is 10.1 Å². The van der Waals surface area contributed by atoms with Gasteiger partial charge >= 0.3 is 5.97 Å². The van der Waals surface area contributed by atoms with Gasteiger partial charge in [-0.25, -0.2) is 0 Å². The molecule has 0 radical (unpaired) electrons. The maximum Gasteiger partial charge on any atom is 0.307 e. The van der Waals surface area contributed by atoms with Crippen molar-refractivity contribution in [2.45, 2.75) is 46.0 Å².